The predicted molar refractivity (Wildman–Crippen MR) is 64.8 cm³/mol. The second-order valence-electron chi connectivity index (χ2n) is 4.78. The van der Waals surface area contributed by atoms with Gasteiger partial charge in [0.15, 0.2) is 0 Å². The van der Waals surface area contributed by atoms with Gasteiger partial charge in [0.05, 0.1) is 25.7 Å². The van der Waals surface area contributed by atoms with Crippen LogP contribution in [0, 0.1) is 0 Å². The number of hydrogen-bond donors (Lipinski definition) is 0. The molecule has 2 aliphatic heterocycles. The van der Waals surface area contributed by atoms with Gasteiger partial charge in [0, 0.05) is 13.0 Å². The van der Waals surface area contributed by atoms with Gasteiger partial charge in [-0.15, -0.1) is 0 Å². The molecule has 0 aromatic heterocycles. The molecule has 2 heterocycles. The fraction of sp³-hybridized carbons (Fsp3) is 0.429. The Bertz CT molecular complexity index is 498. The average molecular weight is 245 g/mol. The van der Waals surface area contributed by atoms with E-state index >= 15 is 0 Å². The van der Waals surface area contributed by atoms with Crippen molar-refractivity contribution in [3.8, 4) is 0 Å². The van der Waals surface area contributed by atoms with Crippen molar-refractivity contribution in [2.75, 3.05) is 13.2 Å². The summed E-state index contributed by atoms with van der Waals surface area (Å²) in [5, 5.41) is 0. The van der Waals surface area contributed by atoms with Crippen LogP contribution in [-0.2, 0) is 20.9 Å². The van der Waals surface area contributed by atoms with Gasteiger partial charge in [-0.2, -0.15) is 0 Å². The summed E-state index contributed by atoms with van der Waals surface area (Å²) in [6.45, 7) is 1.64. The van der Waals surface area contributed by atoms with Crippen LogP contribution in [-0.4, -0.2) is 29.7 Å². The molecule has 18 heavy (non-hydrogen) atoms. The fourth-order valence-electron chi connectivity index (χ4n) is 2.68. The Morgan fingerprint density at radius 3 is 2.89 bits per heavy atom. The van der Waals surface area contributed by atoms with Crippen molar-refractivity contribution in [3.63, 3.8) is 0 Å². The van der Waals surface area contributed by atoms with Crippen molar-refractivity contribution in [1.29, 1.82) is 0 Å². The molecule has 0 radical (unpaired) electrons. The Morgan fingerprint density at radius 1 is 1.22 bits per heavy atom. The first kappa shape index (κ1) is 11.4. The molecule has 1 unspecified atom stereocenters. The highest BCUT2D eigenvalue weighted by atomic mass is 16.5. The van der Waals surface area contributed by atoms with E-state index in [4.69, 9.17) is 4.74 Å². The molecule has 1 aromatic carbocycles. The molecule has 4 nitrogen and oxygen atoms in total. The Labute approximate surface area is 106 Å². The number of hydrogen-bond acceptors (Lipinski definition) is 3. The first-order valence-corrected chi connectivity index (χ1v) is 6.22. The summed E-state index contributed by atoms with van der Waals surface area (Å²) in [5.41, 5.74) is 2.30. The number of ketones is 1. The van der Waals surface area contributed by atoms with Gasteiger partial charge in [-0.1, -0.05) is 24.3 Å². The molecule has 0 spiro atoms. The van der Waals surface area contributed by atoms with Crippen LogP contribution in [0.2, 0.25) is 0 Å². The normalized spacial score (nSPS) is 24.0. The predicted octanol–water partition coefficient (Wildman–Crippen LogP) is 1.45. The summed E-state index contributed by atoms with van der Waals surface area (Å²) in [5.74, 6) is -0.0298. The molecule has 2 aliphatic rings. The Hall–Kier alpha value is -1.68. The number of amides is 1. The topological polar surface area (TPSA) is 46.6 Å². The van der Waals surface area contributed by atoms with Crippen molar-refractivity contribution in [3.05, 3.63) is 35.4 Å². The minimum absolute atomic E-state index is 0.0319. The summed E-state index contributed by atoms with van der Waals surface area (Å²) in [6, 6.07) is 8.01. The quantitative estimate of drug-likeness (QED) is 0.703. The lowest BCUT2D eigenvalue weighted by molar-refractivity contribution is -0.143. The van der Waals surface area contributed by atoms with Gasteiger partial charge in [-0.3, -0.25) is 9.59 Å². The van der Waals surface area contributed by atoms with Crippen molar-refractivity contribution in [2.24, 2.45) is 0 Å². The van der Waals surface area contributed by atoms with Gasteiger partial charge in [0.25, 0.3) is 0 Å². The van der Waals surface area contributed by atoms with E-state index in [2.05, 4.69) is 0 Å². The molecular weight excluding hydrogens is 230 g/mol. The average Bonchev–Trinajstić information content (AvgIpc) is 2.38. The van der Waals surface area contributed by atoms with Crippen molar-refractivity contribution >= 4 is 11.7 Å². The Morgan fingerprint density at radius 2 is 2.06 bits per heavy atom. The third-order valence-electron chi connectivity index (χ3n) is 3.62. The van der Waals surface area contributed by atoms with Crippen LogP contribution in [0.15, 0.2) is 24.3 Å². The summed E-state index contributed by atoms with van der Waals surface area (Å²) < 4.78 is 5.56. The molecule has 94 valence electrons. The molecule has 1 amide bonds. The highest BCUT2D eigenvalue weighted by Crippen LogP contribution is 2.31. The Balaban J connectivity index is 1.89. The van der Waals surface area contributed by atoms with E-state index in [1.54, 1.807) is 4.90 Å². The maximum Gasteiger partial charge on any atom is 0.230 e. The van der Waals surface area contributed by atoms with Crippen LogP contribution < -0.4 is 0 Å². The largest absolute Gasteiger partial charge is 0.374 e. The van der Waals surface area contributed by atoms with Gasteiger partial charge in [-0.05, 0) is 11.1 Å². The van der Waals surface area contributed by atoms with Crippen molar-refractivity contribution in [1.82, 2.24) is 4.90 Å². The molecular formula is C14H15NO3. The van der Waals surface area contributed by atoms with Crippen LogP contribution in [0.4, 0.5) is 0 Å². The maximum atomic E-state index is 12.0. The lowest BCUT2D eigenvalue weighted by atomic mass is 9.95. The number of nitrogens with zero attached hydrogens (tertiary/aromatic N) is 1. The van der Waals surface area contributed by atoms with Crippen LogP contribution in [0.25, 0.3) is 0 Å². The van der Waals surface area contributed by atoms with E-state index in [9.17, 15) is 9.59 Å². The molecule has 0 aliphatic carbocycles. The summed E-state index contributed by atoms with van der Waals surface area (Å²) in [7, 11) is 0. The zero-order chi connectivity index (χ0) is 12.5. The minimum Gasteiger partial charge on any atom is -0.374 e. The molecule has 1 aromatic rings. The highest BCUT2D eigenvalue weighted by Gasteiger charge is 2.33. The molecule has 1 atom stereocenters. The maximum absolute atomic E-state index is 12.0. The number of piperidine rings is 1. The summed E-state index contributed by atoms with van der Waals surface area (Å²) in [4.78, 5) is 25.0. The third-order valence-corrected chi connectivity index (χ3v) is 3.62. The molecule has 0 N–H and O–H groups in total. The van der Waals surface area contributed by atoms with E-state index in [1.807, 2.05) is 24.3 Å². The van der Waals surface area contributed by atoms with E-state index in [1.165, 1.54) is 0 Å². The van der Waals surface area contributed by atoms with Crippen LogP contribution in [0.1, 0.15) is 30.0 Å². The number of ether oxygens (including phenoxy) is 1. The SMILES string of the molecule is O=C1CCN(C2COCc3ccccc32)C(=O)C1. The number of Topliss-reactive ketones (excluding diaryl/α,β-unsaturated/α-hetero) is 1. The first-order chi connectivity index (χ1) is 8.75. The van der Waals surface area contributed by atoms with Crippen LogP contribution in [0.3, 0.4) is 0 Å². The summed E-state index contributed by atoms with van der Waals surface area (Å²) >= 11 is 0. The Kier molecular flexibility index (Phi) is 2.88. The van der Waals surface area contributed by atoms with Gasteiger partial charge in [0.1, 0.15) is 5.78 Å². The van der Waals surface area contributed by atoms with E-state index in [0.717, 1.165) is 11.1 Å². The van der Waals surface area contributed by atoms with Gasteiger partial charge < -0.3 is 9.64 Å². The summed E-state index contributed by atoms with van der Waals surface area (Å²) in [6.07, 6.45) is 0.503. The van der Waals surface area contributed by atoms with E-state index < -0.39 is 0 Å². The third kappa shape index (κ3) is 1.93. The number of benzene rings is 1. The highest BCUT2D eigenvalue weighted by molar-refractivity contribution is 6.00. The molecule has 3 rings (SSSR count). The second kappa shape index (κ2) is 4.53. The molecule has 4 heteroatoms. The standard InChI is InChI=1S/C14H15NO3/c16-11-5-6-15(14(17)7-11)13-9-18-8-10-3-1-2-4-12(10)13/h1-4,13H,5-9H2. The molecule has 1 fully saturated rings. The fourth-order valence-corrected chi connectivity index (χ4v) is 2.68. The lowest BCUT2D eigenvalue weighted by Crippen LogP contribution is -2.44. The smallest absolute Gasteiger partial charge is 0.230 e. The number of likely N-dealkylation sites (tertiary alicyclic amines) is 1. The number of rotatable bonds is 1. The van der Waals surface area contributed by atoms with Crippen LogP contribution >= 0.6 is 0 Å². The molecule has 0 bridgehead atoms. The molecule has 1 saturated heterocycles. The minimum atomic E-state index is -0.0726. The number of carbonyl (C=O) groups excluding carboxylic acids is 2. The van der Waals surface area contributed by atoms with Crippen molar-refractivity contribution < 1.29 is 14.3 Å². The van der Waals surface area contributed by atoms with Crippen LogP contribution in [0.5, 0.6) is 0 Å². The zero-order valence-corrected chi connectivity index (χ0v) is 10.1. The van der Waals surface area contributed by atoms with Crippen molar-refractivity contribution in [2.45, 2.75) is 25.5 Å². The lowest BCUT2D eigenvalue weighted by Gasteiger charge is -2.37. The number of carbonyl (C=O) groups is 2. The van der Waals surface area contributed by atoms with E-state index in [-0.39, 0.29) is 24.2 Å². The van der Waals surface area contributed by atoms with Gasteiger partial charge in [0.2, 0.25) is 5.91 Å². The molecule has 0 saturated carbocycles. The van der Waals surface area contributed by atoms with E-state index in [0.29, 0.717) is 26.2 Å². The number of fused-ring (bicyclic) bond motifs is 1. The second-order valence-corrected chi connectivity index (χ2v) is 4.78. The monoisotopic (exact) mass is 245 g/mol. The van der Waals surface area contributed by atoms with Gasteiger partial charge >= 0.3 is 0 Å². The van der Waals surface area contributed by atoms with Gasteiger partial charge in [-0.25, -0.2) is 0 Å². The first-order valence-electron chi connectivity index (χ1n) is 6.22. The zero-order valence-electron chi connectivity index (χ0n) is 10.1.